The van der Waals surface area contributed by atoms with Crippen molar-refractivity contribution in [1.29, 1.82) is 0 Å². The fourth-order valence-corrected chi connectivity index (χ4v) is 2.19. The summed E-state index contributed by atoms with van der Waals surface area (Å²) in [6.07, 6.45) is 0. The molecule has 0 atom stereocenters. The number of rotatable bonds is 2. The Labute approximate surface area is 115 Å². The van der Waals surface area contributed by atoms with Gasteiger partial charge in [0.1, 0.15) is 12.3 Å². The predicted octanol–water partition coefficient (Wildman–Crippen LogP) is 2.93. The molecule has 0 aliphatic carbocycles. The van der Waals surface area contributed by atoms with E-state index in [0.717, 1.165) is 22.5 Å². The molecule has 0 amide bonds. The van der Waals surface area contributed by atoms with Gasteiger partial charge in [-0.05, 0) is 32.0 Å². The van der Waals surface area contributed by atoms with Crippen molar-refractivity contribution in [3.63, 3.8) is 0 Å². The van der Waals surface area contributed by atoms with Gasteiger partial charge in [-0.15, -0.1) is 0 Å². The third-order valence-corrected chi connectivity index (χ3v) is 3.34. The molecule has 2 N–H and O–H groups in total. The molecule has 0 spiro atoms. The summed E-state index contributed by atoms with van der Waals surface area (Å²) in [5.41, 5.74) is 8.50. The van der Waals surface area contributed by atoms with Gasteiger partial charge in [-0.1, -0.05) is 11.6 Å². The highest BCUT2D eigenvalue weighted by Crippen LogP contribution is 2.23. The lowest BCUT2D eigenvalue weighted by molar-refractivity contribution is 0.460. The molecule has 98 valence electrons. The van der Waals surface area contributed by atoms with Crippen LogP contribution in [-0.4, -0.2) is 14.5 Å². The second-order valence-electron chi connectivity index (χ2n) is 4.44. The second-order valence-corrected chi connectivity index (χ2v) is 4.87. The highest BCUT2D eigenvalue weighted by atomic mass is 35.5. The normalized spacial score (nSPS) is 11.3. The predicted molar refractivity (Wildman–Crippen MR) is 74.2 cm³/mol. The standard InChI is InChI=1S/C13H13ClN4O/c1-7-8(2)19-12(16-7)6-18-11-5-9(14)3-4-10(11)17-13(18)15/h3-5H,6H2,1-2H3,(H2,15,17). The quantitative estimate of drug-likeness (QED) is 0.781. The summed E-state index contributed by atoms with van der Waals surface area (Å²) in [5.74, 6) is 1.85. The second kappa shape index (κ2) is 4.28. The number of benzene rings is 1. The van der Waals surface area contributed by atoms with E-state index in [1.165, 1.54) is 0 Å². The fraction of sp³-hybridized carbons (Fsp3) is 0.231. The number of nitrogen functional groups attached to an aromatic ring is 1. The van der Waals surface area contributed by atoms with Gasteiger partial charge < -0.3 is 14.7 Å². The summed E-state index contributed by atoms with van der Waals surface area (Å²) in [6.45, 7) is 4.24. The highest BCUT2D eigenvalue weighted by Gasteiger charge is 2.12. The van der Waals surface area contributed by atoms with Gasteiger partial charge in [0, 0.05) is 5.02 Å². The van der Waals surface area contributed by atoms with E-state index in [0.29, 0.717) is 23.4 Å². The maximum absolute atomic E-state index is 6.01. The van der Waals surface area contributed by atoms with Crippen LogP contribution in [-0.2, 0) is 6.54 Å². The van der Waals surface area contributed by atoms with E-state index in [-0.39, 0.29) is 0 Å². The van der Waals surface area contributed by atoms with Crippen LogP contribution >= 0.6 is 11.6 Å². The van der Waals surface area contributed by atoms with Crippen LogP contribution < -0.4 is 5.73 Å². The topological polar surface area (TPSA) is 69.9 Å². The molecule has 6 heteroatoms. The number of nitrogens with two attached hydrogens (primary N) is 1. The molecule has 0 saturated carbocycles. The first-order valence-corrected chi connectivity index (χ1v) is 6.26. The van der Waals surface area contributed by atoms with E-state index in [9.17, 15) is 0 Å². The molecular formula is C13H13ClN4O. The maximum atomic E-state index is 6.01. The Balaban J connectivity index is 2.09. The number of hydrogen-bond acceptors (Lipinski definition) is 4. The number of fused-ring (bicyclic) bond motifs is 1. The molecule has 0 bridgehead atoms. The van der Waals surface area contributed by atoms with E-state index >= 15 is 0 Å². The minimum absolute atomic E-state index is 0.422. The number of hydrogen-bond donors (Lipinski definition) is 1. The van der Waals surface area contributed by atoms with Gasteiger partial charge in [0.05, 0.1) is 16.7 Å². The molecule has 0 unspecified atom stereocenters. The molecule has 19 heavy (non-hydrogen) atoms. The van der Waals surface area contributed by atoms with Gasteiger partial charge in [0.25, 0.3) is 0 Å². The molecule has 0 saturated heterocycles. The molecule has 5 nitrogen and oxygen atoms in total. The zero-order chi connectivity index (χ0) is 13.6. The average molecular weight is 277 g/mol. The number of anilines is 1. The Kier molecular flexibility index (Phi) is 2.71. The van der Waals surface area contributed by atoms with Gasteiger partial charge >= 0.3 is 0 Å². The van der Waals surface area contributed by atoms with Crippen molar-refractivity contribution in [2.75, 3.05) is 5.73 Å². The van der Waals surface area contributed by atoms with E-state index in [2.05, 4.69) is 9.97 Å². The van der Waals surface area contributed by atoms with Gasteiger partial charge in [-0.3, -0.25) is 0 Å². The summed E-state index contributed by atoms with van der Waals surface area (Å²) in [7, 11) is 0. The molecule has 0 aliphatic heterocycles. The van der Waals surface area contributed by atoms with Crippen LogP contribution in [0.3, 0.4) is 0 Å². The minimum Gasteiger partial charge on any atom is -0.444 e. The molecule has 2 aromatic heterocycles. The van der Waals surface area contributed by atoms with Crippen molar-refractivity contribution in [1.82, 2.24) is 14.5 Å². The van der Waals surface area contributed by atoms with Crippen LogP contribution in [0.1, 0.15) is 17.3 Å². The van der Waals surface area contributed by atoms with E-state index < -0.39 is 0 Å². The van der Waals surface area contributed by atoms with Crippen molar-refractivity contribution < 1.29 is 4.42 Å². The molecule has 0 fully saturated rings. The smallest absolute Gasteiger partial charge is 0.214 e. The molecule has 3 aromatic rings. The Hall–Kier alpha value is -2.01. The van der Waals surface area contributed by atoms with Gasteiger partial charge in [0.2, 0.25) is 11.8 Å². The zero-order valence-corrected chi connectivity index (χ0v) is 11.4. The monoisotopic (exact) mass is 276 g/mol. The SMILES string of the molecule is Cc1nc(Cn2c(N)nc3ccc(Cl)cc32)oc1C. The van der Waals surface area contributed by atoms with Crippen molar-refractivity contribution in [3.8, 4) is 0 Å². The van der Waals surface area contributed by atoms with Crippen LogP contribution in [0.5, 0.6) is 0 Å². The Morgan fingerprint density at radius 3 is 2.79 bits per heavy atom. The summed E-state index contributed by atoms with van der Waals surface area (Å²) in [6, 6.07) is 5.47. The summed E-state index contributed by atoms with van der Waals surface area (Å²) in [5, 5.41) is 0.647. The van der Waals surface area contributed by atoms with Crippen molar-refractivity contribution in [3.05, 3.63) is 40.6 Å². The maximum Gasteiger partial charge on any atom is 0.214 e. The first-order valence-electron chi connectivity index (χ1n) is 5.89. The Morgan fingerprint density at radius 1 is 1.32 bits per heavy atom. The third kappa shape index (κ3) is 2.06. The first-order chi connectivity index (χ1) is 9.04. The first kappa shape index (κ1) is 12.0. The fourth-order valence-electron chi connectivity index (χ4n) is 2.02. The molecular weight excluding hydrogens is 264 g/mol. The Bertz CT molecular complexity index is 740. The van der Waals surface area contributed by atoms with Crippen molar-refractivity contribution >= 4 is 28.6 Å². The van der Waals surface area contributed by atoms with Crippen LogP contribution in [0.25, 0.3) is 11.0 Å². The number of aryl methyl sites for hydroxylation is 2. The van der Waals surface area contributed by atoms with Crippen LogP contribution in [0, 0.1) is 13.8 Å². The molecule has 0 aliphatic rings. The van der Waals surface area contributed by atoms with E-state index in [4.69, 9.17) is 21.8 Å². The van der Waals surface area contributed by atoms with Gasteiger partial charge in [-0.25, -0.2) is 9.97 Å². The average Bonchev–Trinajstić information content (AvgIpc) is 2.82. The van der Waals surface area contributed by atoms with Crippen LogP contribution in [0.15, 0.2) is 22.6 Å². The number of oxazole rings is 1. The summed E-state index contributed by atoms with van der Waals surface area (Å²) in [4.78, 5) is 8.64. The third-order valence-electron chi connectivity index (χ3n) is 3.11. The summed E-state index contributed by atoms with van der Waals surface area (Å²) < 4.78 is 7.41. The lowest BCUT2D eigenvalue weighted by Crippen LogP contribution is -2.04. The molecule has 0 radical (unpaired) electrons. The lowest BCUT2D eigenvalue weighted by Gasteiger charge is -2.03. The molecule has 2 heterocycles. The zero-order valence-electron chi connectivity index (χ0n) is 10.6. The highest BCUT2D eigenvalue weighted by molar-refractivity contribution is 6.31. The number of halogens is 1. The largest absolute Gasteiger partial charge is 0.444 e. The van der Waals surface area contributed by atoms with E-state index in [1.54, 1.807) is 6.07 Å². The number of nitrogens with zero attached hydrogens (tertiary/aromatic N) is 3. The Morgan fingerprint density at radius 2 is 2.11 bits per heavy atom. The molecule has 3 rings (SSSR count). The minimum atomic E-state index is 0.422. The molecule has 1 aromatic carbocycles. The van der Waals surface area contributed by atoms with E-state index in [1.807, 2.05) is 30.5 Å². The van der Waals surface area contributed by atoms with Gasteiger partial charge in [0.15, 0.2) is 0 Å². The van der Waals surface area contributed by atoms with Crippen molar-refractivity contribution in [2.45, 2.75) is 20.4 Å². The van der Waals surface area contributed by atoms with Crippen molar-refractivity contribution in [2.24, 2.45) is 0 Å². The summed E-state index contributed by atoms with van der Waals surface area (Å²) >= 11 is 6.01. The van der Waals surface area contributed by atoms with Gasteiger partial charge in [-0.2, -0.15) is 0 Å². The lowest BCUT2D eigenvalue weighted by atomic mass is 10.3. The van der Waals surface area contributed by atoms with Crippen LogP contribution in [0.2, 0.25) is 5.02 Å². The van der Waals surface area contributed by atoms with Crippen LogP contribution in [0.4, 0.5) is 5.95 Å². The number of aromatic nitrogens is 3. The number of imidazole rings is 1.